The first kappa shape index (κ1) is 45.7. The molecule has 0 bridgehead atoms. The van der Waals surface area contributed by atoms with E-state index < -0.39 is 17.2 Å². The Morgan fingerprint density at radius 2 is 0.691 bits per heavy atom. The number of hydrogen-bond acceptors (Lipinski definition) is 6. The van der Waals surface area contributed by atoms with Gasteiger partial charge in [0.25, 0.3) is 0 Å². The fourth-order valence-corrected chi connectivity index (χ4v) is 12.2. The highest BCUT2D eigenvalue weighted by molar-refractivity contribution is 7.43. The second-order valence-electron chi connectivity index (χ2n) is 19.5. The van der Waals surface area contributed by atoms with Crippen molar-refractivity contribution >= 4 is 38.7 Å². The van der Waals surface area contributed by atoms with Crippen LogP contribution >= 0.6 is 17.2 Å². The number of rotatable bonds is 8. The van der Waals surface area contributed by atoms with E-state index in [1.165, 1.54) is 22.3 Å². The normalized spacial score (nSPS) is 14.6. The molecule has 2 aliphatic heterocycles. The highest BCUT2D eigenvalue weighted by atomic mass is 31.2. The number of aryl methyl sites for hydroxylation is 5. The average Bonchev–Trinajstić information content (AvgIpc) is 3.29. The van der Waals surface area contributed by atoms with Crippen LogP contribution in [0.2, 0.25) is 0 Å². The van der Waals surface area contributed by atoms with E-state index in [2.05, 4.69) is 197 Å². The van der Waals surface area contributed by atoms with Crippen LogP contribution in [0.4, 0.5) is 0 Å². The Labute approximate surface area is 404 Å². The molecule has 68 heavy (non-hydrogen) atoms. The summed E-state index contributed by atoms with van der Waals surface area (Å²) in [4.78, 5) is 0. The quantitative estimate of drug-likeness (QED) is 0.142. The van der Waals surface area contributed by atoms with Gasteiger partial charge in [0.15, 0.2) is 0 Å². The second kappa shape index (κ2) is 18.4. The summed E-state index contributed by atoms with van der Waals surface area (Å²) >= 11 is 0. The molecule has 8 heteroatoms. The van der Waals surface area contributed by atoms with Crippen molar-refractivity contribution in [2.24, 2.45) is 0 Å². The Morgan fingerprint density at radius 3 is 1.07 bits per heavy atom. The second-order valence-corrected chi connectivity index (χ2v) is 21.5. The molecule has 8 aromatic carbocycles. The third-order valence-electron chi connectivity index (χ3n) is 13.9. The Balaban J connectivity index is 1.17. The minimum absolute atomic E-state index is 0.210. The molecule has 0 fully saturated rings. The van der Waals surface area contributed by atoms with Gasteiger partial charge < -0.3 is 27.1 Å². The molecule has 0 radical (unpaired) electrons. The van der Waals surface area contributed by atoms with Crippen LogP contribution in [0.15, 0.2) is 121 Å². The Morgan fingerprint density at radius 1 is 0.368 bits per heavy atom. The summed E-state index contributed by atoms with van der Waals surface area (Å²) < 4.78 is 43.2. The predicted molar refractivity (Wildman–Crippen MR) is 282 cm³/mol. The summed E-state index contributed by atoms with van der Waals surface area (Å²) in [6.45, 7) is 24.1. The van der Waals surface area contributed by atoms with E-state index >= 15 is 0 Å². The Bertz CT molecular complexity index is 3200. The Hall–Kier alpha value is -6.06. The summed E-state index contributed by atoms with van der Waals surface area (Å²) in [6.07, 6.45) is 1.40. The molecule has 0 aliphatic carbocycles. The van der Waals surface area contributed by atoms with Gasteiger partial charge in [-0.3, -0.25) is 0 Å². The van der Waals surface area contributed by atoms with Crippen molar-refractivity contribution in [1.29, 1.82) is 0 Å². The van der Waals surface area contributed by atoms with Crippen LogP contribution in [0.3, 0.4) is 0 Å². The van der Waals surface area contributed by atoms with Gasteiger partial charge in [0.05, 0.1) is 0 Å². The van der Waals surface area contributed by atoms with Crippen molar-refractivity contribution in [2.75, 3.05) is 0 Å². The molecule has 1 unspecified atom stereocenters. The largest absolute Gasteiger partial charge is 0.530 e. The smallest absolute Gasteiger partial charge is 0.408 e. The fraction of sp³-hybridized carbons (Fsp3) is 0.267. The molecule has 0 saturated heterocycles. The molecule has 2 aliphatic rings. The van der Waals surface area contributed by atoms with Gasteiger partial charge in [0, 0.05) is 46.2 Å². The lowest BCUT2D eigenvalue weighted by Crippen LogP contribution is -2.14. The summed E-state index contributed by atoms with van der Waals surface area (Å²) in [6, 6.07) is 42.8. The standard InChI is InChI=1S/C60H60O6P2/c1-34(2)44-27-22-38(8)50-32-49-37(7)20-21-41(11)57(49)63-67(64-58(44)50)61-53-30-25-42-16-12-14-18-47(42)55(53)56-48-19-15-13-17-43(48)26-31-54(56)62-68-65-59-45(35(3)4)28-23-39(9)51(59)33-52-40(10)24-29-46(36(5)6)60(52)66-68/h12-31,34-36H,32-33H2,1-11H3. The molecular formula is C60H60O6P2. The lowest BCUT2D eigenvalue weighted by atomic mass is 9.89. The molecule has 346 valence electrons. The summed E-state index contributed by atoms with van der Waals surface area (Å²) in [7, 11) is -4.13. The highest BCUT2D eigenvalue weighted by Crippen LogP contribution is 2.57. The minimum Gasteiger partial charge on any atom is -0.408 e. The highest BCUT2D eigenvalue weighted by Gasteiger charge is 2.35. The Kier molecular flexibility index (Phi) is 12.4. The third kappa shape index (κ3) is 8.35. The van der Waals surface area contributed by atoms with Crippen molar-refractivity contribution in [3.63, 3.8) is 0 Å². The van der Waals surface area contributed by atoms with E-state index in [1.54, 1.807) is 0 Å². The molecule has 0 amide bonds. The first-order chi connectivity index (χ1) is 32.7. The predicted octanol–water partition coefficient (Wildman–Crippen LogP) is 17.9. The number of hydrogen-bond donors (Lipinski definition) is 0. The zero-order valence-electron chi connectivity index (χ0n) is 41.0. The van der Waals surface area contributed by atoms with E-state index in [9.17, 15) is 0 Å². The zero-order valence-corrected chi connectivity index (χ0v) is 42.8. The van der Waals surface area contributed by atoms with Crippen molar-refractivity contribution in [3.8, 4) is 45.6 Å². The van der Waals surface area contributed by atoms with Gasteiger partial charge in [-0.2, -0.15) is 0 Å². The monoisotopic (exact) mass is 938 g/mol. The van der Waals surface area contributed by atoms with E-state index in [4.69, 9.17) is 27.1 Å². The van der Waals surface area contributed by atoms with Crippen LogP contribution in [0.1, 0.15) is 126 Å². The first-order valence-electron chi connectivity index (χ1n) is 23.9. The van der Waals surface area contributed by atoms with Crippen LogP contribution < -0.4 is 27.1 Å². The number of benzene rings is 8. The third-order valence-corrected chi connectivity index (χ3v) is 15.9. The maximum absolute atomic E-state index is 7.36. The SMILES string of the molecule is Cc1ccc(C)c2c1Cc1c(C)ccc(C(C)C)c1OP(Oc1ccc3ccccc3c1-c1c(OP3Oc4c(C(C)C)ccc(C)c4Cc4c(C)ccc(C(C)C)c4O3)ccc3ccccc13)O2. The van der Waals surface area contributed by atoms with E-state index in [0.29, 0.717) is 24.3 Å². The van der Waals surface area contributed by atoms with Gasteiger partial charge in [0.1, 0.15) is 34.5 Å². The average molecular weight is 939 g/mol. The molecule has 0 aromatic heterocycles. The van der Waals surface area contributed by atoms with E-state index in [1.807, 2.05) is 0 Å². The van der Waals surface area contributed by atoms with Gasteiger partial charge in [0.2, 0.25) is 0 Å². The van der Waals surface area contributed by atoms with Crippen LogP contribution in [-0.4, -0.2) is 0 Å². The molecule has 0 saturated carbocycles. The maximum atomic E-state index is 7.36. The van der Waals surface area contributed by atoms with Gasteiger partial charge in [-0.25, -0.2) is 0 Å². The van der Waals surface area contributed by atoms with Crippen LogP contribution in [-0.2, 0) is 12.8 Å². The van der Waals surface area contributed by atoms with E-state index in [-0.39, 0.29) is 17.8 Å². The molecule has 0 N–H and O–H groups in total. The minimum atomic E-state index is -2.07. The lowest BCUT2D eigenvalue weighted by Gasteiger charge is -2.30. The van der Waals surface area contributed by atoms with Crippen molar-refractivity contribution in [1.82, 2.24) is 0 Å². The summed E-state index contributed by atoms with van der Waals surface area (Å²) in [5.41, 5.74) is 15.5. The van der Waals surface area contributed by atoms with E-state index in [0.717, 1.165) is 100 Å². The molecule has 1 atom stereocenters. The zero-order chi connectivity index (χ0) is 47.5. The van der Waals surface area contributed by atoms with Gasteiger partial charge >= 0.3 is 17.2 Å². The molecule has 6 nitrogen and oxygen atoms in total. The van der Waals surface area contributed by atoms with Crippen molar-refractivity contribution in [2.45, 2.75) is 107 Å². The van der Waals surface area contributed by atoms with Crippen LogP contribution in [0.25, 0.3) is 32.7 Å². The lowest BCUT2D eigenvalue weighted by molar-refractivity contribution is 0.374. The molecule has 8 aromatic rings. The topological polar surface area (TPSA) is 55.4 Å². The van der Waals surface area contributed by atoms with Crippen molar-refractivity contribution < 1.29 is 27.1 Å². The van der Waals surface area contributed by atoms with Crippen molar-refractivity contribution in [3.05, 3.63) is 188 Å². The van der Waals surface area contributed by atoms with Crippen LogP contribution in [0, 0.1) is 34.6 Å². The van der Waals surface area contributed by atoms with Crippen LogP contribution in [0.5, 0.6) is 34.5 Å². The number of fused-ring (bicyclic) bond motifs is 6. The summed E-state index contributed by atoms with van der Waals surface area (Å²) in [5, 5.41) is 4.11. The molecule has 2 heterocycles. The molecule has 0 spiro atoms. The van der Waals surface area contributed by atoms with Gasteiger partial charge in [-0.05, 0) is 131 Å². The molecular weight excluding hydrogens is 879 g/mol. The van der Waals surface area contributed by atoms with Gasteiger partial charge in [-0.1, -0.05) is 151 Å². The maximum Gasteiger partial charge on any atom is 0.530 e. The molecule has 10 rings (SSSR count). The first-order valence-corrected chi connectivity index (χ1v) is 26.1. The van der Waals surface area contributed by atoms with Gasteiger partial charge in [-0.15, -0.1) is 0 Å². The summed E-state index contributed by atoms with van der Waals surface area (Å²) in [5.74, 6) is 5.18. The fourth-order valence-electron chi connectivity index (χ4n) is 9.86.